The third kappa shape index (κ3) is 27.3. The zero-order chi connectivity index (χ0) is 99.9. The van der Waals surface area contributed by atoms with Crippen LogP contribution in [0, 0.1) is 10.8 Å². The van der Waals surface area contributed by atoms with Crippen molar-refractivity contribution in [2.24, 2.45) is 10.8 Å². The summed E-state index contributed by atoms with van der Waals surface area (Å²) in [5, 5.41) is 2.76. The van der Waals surface area contributed by atoms with Crippen LogP contribution < -0.4 is 0 Å². The highest BCUT2D eigenvalue weighted by molar-refractivity contribution is 7.25. The number of fused-ring (bicyclic) bond motifs is 3. The second-order valence-corrected chi connectivity index (χ2v) is 44.8. The maximum Gasteiger partial charge on any atom is 0.0355 e. The van der Waals surface area contributed by atoms with Gasteiger partial charge in [0.15, 0.2) is 0 Å². The highest BCUT2D eigenvalue weighted by Crippen LogP contribution is 2.53. The molecule has 0 nitrogen and oxygen atoms in total. The van der Waals surface area contributed by atoms with E-state index in [4.69, 9.17) is 0 Å². The number of benzene rings is 19. The summed E-state index contributed by atoms with van der Waals surface area (Å²) in [6, 6.07) is 174. The van der Waals surface area contributed by atoms with Crippen molar-refractivity contribution in [3.8, 4) is 145 Å². The molecule has 1 heterocycles. The summed E-state index contributed by atoms with van der Waals surface area (Å²) >= 11 is 1.86. The molecule has 0 spiro atoms. The van der Waals surface area contributed by atoms with Gasteiger partial charge < -0.3 is 0 Å². The summed E-state index contributed by atoms with van der Waals surface area (Å²) < 4.78 is 2.76. The van der Waals surface area contributed by atoms with Crippen LogP contribution in [-0.4, -0.2) is 0 Å². The first-order chi connectivity index (χ1) is 67.6. The molecule has 20 rings (SSSR count). The molecule has 0 atom stereocenters. The van der Waals surface area contributed by atoms with E-state index in [9.17, 15) is 0 Å². The second-order valence-electron chi connectivity index (χ2n) is 43.8. The number of hydrogen-bond acceptors (Lipinski definition) is 1. The highest BCUT2D eigenvalue weighted by atomic mass is 32.1. The fraction of sp³-hybridized carbons (Fsp3) is 0.186. The third-order valence-corrected chi connectivity index (χ3v) is 25.4. The molecule has 19 aromatic carbocycles. The smallest absolute Gasteiger partial charge is 0.0355 e. The van der Waals surface area contributed by atoms with Gasteiger partial charge in [-0.3, -0.25) is 0 Å². The van der Waals surface area contributed by atoms with Crippen molar-refractivity contribution in [2.75, 3.05) is 0 Å². The Labute approximate surface area is 848 Å². The lowest BCUT2D eigenvalue weighted by Crippen LogP contribution is -2.16. The first kappa shape index (κ1) is 102. The minimum Gasteiger partial charge on any atom is -0.135 e. The van der Waals surface area contributed by atoms with Crippen LogP contribution in [0.3, 0.4) is 0 Å². The van der Waals surface area contributed by atoms with Gasteiger partial charge in [0.05, 0.1) is 0 Å². The van der Waals surface area contributed by atoms with Crippen molar-refractivity contribution < 1.29 is 0 Å². The molecular weight excluding hydrogens is 1710 g/mol. The van der Waals surface area contributed by atoms with Gasteiger partial charge in [-0.25, -0.2) is 0 Å². The molecule has 0 saturated heterocycles. The molecule has 1 heteroatoms. The predicted octanol–water partition coefficient (Wildman–Crippen LogP) is 41.8. The van der Waals surface area contributed by atoms with Crippen LogP contribution in [-0.2, 0) is 21.7 Å². The Bertz CT molecular complexity index is 7120. The van der Waals surface area contributed by atoms with E-state index in [2.05, 4.69) is 624 Å². The van der Waals surface area contributed by atoms with Gasteiger partial charge in [0, 0.05) is 20.2 Å². The van der Waals surface area contributed by atoms with E-state index in [0.717, 1.165) is 0 Å². The molecule has 0 radical (unpaired) electrons. The Morgan fingerprint density at radius 2 is 0.362 bits per heavy atom. The molecule has 0 unspecified atom stereocenters. The molecule has 0 amide bonds. The fourth-order valence-electron chi connectivity index (χ4n) is 18.1. The largest absolute Gasteiger partial charge is 0.135 e. The molecule has 0 fully saturated rings. The van der Waals surface area contributed by atoms with E-state index >= 15 is 0 Å². The van der Waals surface area contributed by atoms with Crippen molar-refractivity contribution in [2.45, 2.75) is 160 Å². The number of hydrogen-bond donors (Lipinski definition) is 0. The Morgan fingerprint density at radius 3 is 0.645 bits per heavy atom. The molecule has 0 N–H and O–H groups in total. The van der Waals surface area contributed by atoms with Gasteiger partial charge in [0.25, 0.3) is 0 Å². The molecule has 1 aromatic heterocycles. The van der Waals surface area contributed by atoms with Gasteiger partial charge in [0.2, 0.25) is 0 Å². The van der Waals surface area contributed by atoms with Gasteiger partial charge in [0.1, 0.15) is 0 Å². The maximum absolute atomic E-state index is 2.42. The average molecular weight is 1850 g/mol. The van der Waals surface area contributed by atoms with Crippen LogP contribution in [0.1, 0.15) is 161 Å². The van der Waals surface area contributed by atoms with Crippen LogP contribution in [0.15, 0.2) is 485 Å². The van der Waals surface area contributed by atoms with Crippen molar-refractivity contribution in [3.63, 3.8) is 0 Å². The van der Waals surface area contributed by atoms with Crippen LogP contribution >= 0.6 is 11.3 Å². The van der Waals surface area contributed by atoms with Crippen molar-refractivity contribution in [3.05, 3.63) is 508 Å². The third-order valence-electron chi connectivity index (χ3n) is 24.3. The summed E-state index contributed by atoms with van der Waals surface area (Å²) in [7, 11) is 0. The number of rotatable bonds is 13. The highest BCUT2D eigenvalue weighted by Gasteiger charge is 2.32. The quantitative estimate of drug-likeness (QED) is 0.108. The first-order valence-electron chi connectivity index (χ1n) is 49.9. The van der Waals surface area contributed by atoms with E-state index in [0.29, 0.717) is 10.8 Å². The van der Waals surface area contributed by atoms with Crippen molar-refractivity contribution >= 4 is 31.5 Å². The maximum atomic E-state index is 2.42. The lowest BCUT2D eigenvalue weighted by atomic mass is 9.72. The molecule has 141 heavy (non-hydrogen) atoms. The minimum absolute atomic E-state index is 0.0194. The van der Waals surface area contributed by atoms with E-state index < -0.39 is 0 Å². The minimum atomic E-state index is -0.0604. The normalized spacial score (nSPS) is 11.4. The van der Waals surface area contributed by atoms with E-state index in [-0.39, 0.29) is 21.7 Å². The monoisotopic (exact) mass is 1850 g/mol. The molecule has 706 valence electrons. The molecule has 20 aromatic rings. The predicted molar refractivity (Wildman–Crippen MR) is 621 cm³/mol. The molecule has 0 aliphatic heterocycles. The van der Waals surface area contributed by atoms with Crippen LogP contribution in [0.25, 0.3) is 165 Å². The Balaban J connectivity index is 0.000000139. The van der Waals surface area contributed by atoms with Gasteiger partial charge in [-0.2, -0.15) is 0 Å². The summed E-state index contributed by atoms with van der Waals surface area (Å²) in [4.78, 5) is 0. The molecule has 0 aliphatic carbocycles. The van der Waals surface area contributed by atoms with E-state index in [1.807, 2.05) is 11.3 Å². The Morgan fingerprint density at radius 1 is 0.142 bits per heavy atom. The zero-order valence-electron chi connectivity index (χ0n) is 86.6. The lowest BCUT2D eigenvalue weighted by Gasteiger charge is -2.31. The van der Waals surface area contributed by atoms with Crippen LogP contribution in [0.2, 0.25) is 0 Å². The lowest BCUT2D eigenvalue weighted by molar-refractivity contribution is 0.469. The second kappa shape index (κ2) is 46.4. The molecular formula is C140H140S. The molecule has 0 saturated carbocycles. The summed E-state index contributed by atoms with van der Waals surface area (Å²) in [6.07, 6.45) is 0. The van der Waals surface area contributed by atoms with Crippen LogP contribution in [0.4, 0.5) is 0 Å². The Hall–Kier alpha value is -14.6. The standard InChI is InChI=1S/C34H30.3C28H26.C12H8S.2C5H12/c1-34(2,3)33-30(26-18-10-5-11-19-26)24-29(25-16-8-4-9-17-25)31(27-20-12-6-13-21-27)32(33)28-22-14-7-15-23-28;1-28(2,3)24-19-25(21-13-7-4-8-14-21)27(23-17-11-6-12-18-23)26(20-24)22-15-9-5-10-16-22;1-28(2,3)27-25(22-15-9-5-10-16-22)19-24(21-13-7-4-8-14-21)20-26(27)23-17-11-6-12-18-23;1-28(2,3)25-20-19-24(21-13-7-4-8-14-21)26(22-15-9-5-10-16-22)27(25)23-17-11-6-12-18-23;1-3-7-11-9(5-1)10-6-2-4-8-12(10)13-11;2*1-5(2,3)4/h4-24H,1-3H3;3*4-20H,1-3H3;1-8H;2*1-4H3. The van der Waals surface area contributed by atoms with Crippen LogP contribution in [0.5, 0.6) is 0 Å². The average Bonchev–Trinajstić information content (AvgIpc) is 1.16. The zero-order valence-corrected chi connectivity index (χ0v) is 87.4. The van der Waals surface area contributed by atoms with Crippen molar-refractivity contribution in [1.82, 2.24) is 0 Å². The summed E-state index contributed by atoms with van der Waals surface area (Å²) in [5.74, 6) is 0. The SMILES string of the molecule is CC(C)(C)C.CC(C)(C)C.CC(C)(C)c1c(-c2ccccc2)cc(-c2ccccc2)c(-c2ccccc2)c1-c1ccccc1.CC(C)(C)c1c(-c2ccccc2)cc(-c2ccccc2)cc1-c1ccccc1.CC(C)(C)c1cc(-c2ccccc2)c(-c2ccccc2)c(-c2ccccc2)c1.CC(C)(C)c1ccc(-c2ccccc2)c(-c2ccccc2)c1-c1ccccc1.c1ccc2c(c1)sc1ccccc12. The van der Waals surface area contributed by atoms with Gasteiger partial charge in [-0.1, -0.05) is 581 Å². The van der Waals surface area contributed by atoms with Gasteiger partial charge >= 0.3 is 0 Å². The molecule has 0 bridgehead atoms. The van der Waals surface area contributed by atoms with Gasteiger partial charge in [-0.15, -0.1) is 11.3 Å². The first-order valence-corrected chi connectivity index (χ1v) is 50.8. The summed E-state index contributed by atoms with van der Waals surface area (Å²) in [6.45, 7) is 45.2. The topological polar surface area (TPSA) is 0 Å². The fourth-order valence-corrected chi connectivity index (χ4v) is 19.2. The molecule has 0 aliphatic rings. The number of thiophene rings is 1. The van der Waals surface area contributed by atoms with Crippen molar-refractivity contribution in [1.29, 1.82) is 0 Å². The van der Waals surface area contributed by atoms with Gasteiger partial charge in [-0.05, 0) is 242 Å². The summed E-state index contributed by atoms with van der Waals surface area (Å²) in [5.41, 5.74) is 39.7. The Kier molecular flexibility index (Phi) is 33.7. The van der Waals surface area contributed by atoms with E-state index in [1.165, 1.54) is 187 Å². The van der Waals surface area contributed by atoms with E-state index in [1.54, 1.807) is 0 Å².